The summed E-state index contributed by atoms with van der Waals surface area (Å²) in [4.78, 5) is 14.1. The lowest BCUT2D eigenvalue weighted by Gasteiger charge is -2.23. The predicted octanol–water partition coefficient (Wildman–Crippen LogP) is 3.55. The van der Waals surface area contributed by atoms with Crippen LogP contribution in [0.2, 0.25) is 5.02 Å². The number of halogens is 1. The third kappa shape index (κ3) is 3.64. The summed E-state index contributed by atoms with van der Waals surface area (Å²) >= 11 is 7.41. The van der Waals surface area contributed by atoms with Gasteiger partial charge in [0.25, 0.3) is 5.91 Å². The SMILES string of the molecule is O=C(N[C@H]1CCCNC1)c1ccc(-c2ccc(Cl)cc2)s1. The van der Waals surface area contributed by atoms with Crippen molar-refractivity contribution < 1.29 is 4.79 Å². The first-order chi connectivity index (χ1) is 10.2. The van der Waals surface area contributed by atoms with E-state index in [1.165, 1.54) is 11.3 Å². The summed E-state index contributed by atoms with van der Waals surface area (Å²) in [5.41, 5.74) is 1.09. The van der Waals surface area contributed by atoms with E-state index in [4.69, 9.17) is 11.6 Å². The maximum absolute atomic E-state index is 12.3. The minimum absolute atomic E-state index is 0.0221. The van der Waals surface area contributed by atoms with E-state index in [9.17, 15) is 4.79 Å². The largest absolute Gasteiger partial charge is 0.347 e. The van der Waals surface area contributed by atoms with E-state index in [-0.39, 0.29) is 11.9 Å². The highest BCUT2D eigenvalue weighted by Gasteiger charge is 2.17. The highest BCUT2D eigenvalue weighted by Crippen LogP contribution is 2.29. The molecule has 1 fully saturated rings. The maximum Gasteiger partial charge on any atom is 0.261 e. The third-order valence-electron chi connectivity index (χ3n) is 3.59. The summed E-state index contributed by atoms with van der Waals surface area (Å²) in [6.45, 7) is 1.91. The van der Waals surface area contributed by atoms with Crippen molar-refractivity contribution in [3.8, 4) is 10.4 Å². The molecule has 21 heavy (non-hydrogen) atoms. The van der Waals surface area contributed by atoms with E-state index in [2.05, 4.69) is 10.6 Å². The second kappa shape index (κ2) is 6.60. The Kier molecular flexibility index (Phi) is 4.58. The van der Waals surface area contributed by atoms with Crippen molar-refractivity contribution in [2.24, 2.45) is 0 Å². The van der Waals surface area contributed by atoms with Gasteiger partial charge < -0.3 is 10.6 Å². The predicted molar refractivity (Wildman–Crippen MR) is 88.1 cm³/mol. The number of thiophene rings is 1. The van der Waals surface area contributed by atoms with Crippen LogP contribution in [-0.4, -0.2) is 25.0 Å². The molecule has 0 unspecified atom stereocenters. The maximum atomic E-state index is 12.3. The van der Waals surface area contributed by atoms with E-state index in [1.54, 1.807) is 0 Å². The van der Waals surface area contributed by atoms with Crippen molar-refractivity contribution in [2.75, 3.05) is 13.1 Å². The molecule has 1 aromatic carbocycles. The highest BCUT2D eigenvalue weighted by molar-refractivity contribution is 7.17. The molecule has 5 heteroatoms. The lowest BCUT2D eigenvalue weighted by atomic mass is 10.1. The van der Waals surface area contributed by atoms with Crippen molar-refractivity contribution in [2.45, 2.75) is 18.9 Å². The summed E-state index contributed by atoms with van der Waals surface area (Å²) in [5.74, 6) is 0.0221. The van der Waals surface area contributed by atoms with Crippen LogP contribution in [0.3, 0.4) is 0 Å². The van der Waals surface area contributed by atoms with Crippen molar-refractivity contribution in [1.82, 2.24) is 10.6 Å². The lowest BCUT2D eigenvalue weighted by Crippen LogP contribution is -2.45. The molecule has 1 saturated heterocycles. The topological polar surface area (TPSA) is 41.1 Å². The van der Waals surface area contributed by atoms with E-state index >= 15 is 0 Å². The number of benzene rings is 1. The summed E-state index contributed by atoms with van der Waals surface area (Å²) in [7, 11) is 0. The molecular weight excluding hydrogens is 304 g/mol. The zero-order valence-electron chi connectivity index (χ0n) is 11.6. The Balaban J connectivity index is 1.69. The number of hydrogen-bond donors (Lipinski definition) is 2. The van der Waals surface area contributed by atoms with Crippen LogP contribution < -0.4 is 10.6 Å². The minimum Gasteiger partial charge on any atom is -0.347 e. The zero-order valence-corrected chi connectivity index (χ0v) is 13.1. The van der Waals surface area contributed by atoms with Gasteiger partial charge in [-0.3, -0.25) is 4.79 Å². The van der Waals surface area contributed by atoms with E-state index in [0.29, 0.717) is 0 Å². The molecule has 0 spiro atoms. The number of amides is 1. The fraction of sp³-hybridized carbons (Fsp3) is 0.312. The van der Waals surface area contributed by atoms with Crippen LogP contribution in [0, 0.1) is 0 Å². The third-order valence-corrected chi connectivity index (χ3v) is 4.98. The molecule has 1 aliphatic heterocycles. The van der Waals surface area contributed by atoms with E-state index in [1.807, 2.05) is 36.4 Å². The average Bonchev–Trinajstić information content (AvgIpc) is 2.99. The van der Waals surface area contributed by atoms with Gasteiger partial charge in [0.05, 0.1) is 4.88 Å². The first-order valence-electron chi connectivity index (χ1n) is 7.10. The van der Waals surface area contributed by atoms with Crippen LogP contribution in [-0.2, 0) is 0 Å². The number of carbonyl (C=O) groups excluding carboxylic acids is 1. The number of carbonyl (C=O) groups is 1. The van der Waals surface area contributed by atoms with Crippen LogP contribution in [0.4, 0.5) is 0 Å². The summed E-state index contributed by atoms with van der Waals surface area (Å²) in [5, 5.41) is 7.12. The van der Waals surface area contributed by atoms with Crippen LogP contribution in [0.5, 0.6) is 0 Å². The van der Waals surface area contributed by atoms with Crippen molar-refractivity contribution >= 4 is 28.8 Å². The fourth-order valence-electron chi connectivity index (χ4n) is 2.46. The number of rotatable bonds is 3. The molecular formula is C16H17ClN2OS. The van der Waals surface area contributed by atoms with Gasteiger partial charge in [0, 0.05) is 22.5 Å². The summed E-state index contributed by atoms with van der Waals surface area (Å²) in [6, 6.07) is 11.8. The zero-order chi connectivity index (χ0) is 14.7. The Morgan fingerprint density at radius 1 is 1.24 bits per heavy atom. The van der Waals surface area contributed by atoms with Gasteiger partial charge in [-0.2, -0.15) is 0 Å². The Morgan fingerprint density at radius 3 is 2.76 bits per heavy atom. The minimum atomic E-state index is 0.0221. The van der Waals surface area contributed by atoms with E-state index in [0.717, 1.165) is 46.3 Å². The molecule has 3 rings (SSSR count). The van der Waals surface area contributed by atoms with Gasteiger partial charge in [0.2, 0.25) is 0 Å². The Hall–Kier alpha value is -1.36. The molecule has 2 heterocycles. The van der Waals surface area contributed by atoms with Crippen LogP contribution in [0.15, 0.2) is 36.4 Å². The van der Waals surface area contributed by atoms with Gasteiger partial charge in [0.1, 0.15) is 0 Å². The molecule has 110 valence electrons. The number of hydrogen-bond acceptors (Lipinski definition) is 3. The average molecular weight is 321 g/mol. The molecule has 0 radical (unpaired) electrons. The monoisotopic (exact) mass is 320 g/mol. The Morgan fingerprint density at radius 2 is 2.05 bits per heavy atom. The van der Waals surface area contributed by atoms with Gasteiger partial charge in [-0.25, -0.2) is 0 Å². The standard InChI is InChI=1S/C16H17ClN2OS/c17-12-5-3-11(4-6-12)14-7-8-15(21-14)16(20)19-13-2-1-9-18-10-13/h3-8,13,18H,1-2,9-10H2,(H,19,20)/t13-/m0/s1. The van der Waals surface area contributed by atoms with Crippen molar-refractivity contribution in [3.05, 3.63) is 46.3 Å². The molecule has 0 bridgehead atoms. The molecule has 2 N–H and O–H groups in total. The van der Waals surface area contributed by atoms with Crippen LogP contribution in [0.25, 0.3) is 10.4 Å². The molecule has 0 saturated carbocycles. The summed E-state index contributed by atoms with van der Waals surface area (Å²) < 4.78 is 0. The molecule has 1 atom stereocenters. The molecule has 3 nitrogen and oxygen atoms in total. The fourth-order valence-corrected chi connectivity index (χ4v) is 3.50. The first kappa shape index (κ1) is 14.6. The molecule has 1 aromatic heterocycles. The summed E-state index contributed by atoms with van der Waals surface area (Å²) in [6.07, 6.45) is 2.17. The first-order valence-corrected chi connectivity index (χ1v) is 8.29. The van der Waals surface area contributed by atoms with Gasteiger partial charge in [0.15, 0.2) is 0 Å². The second-order valence-electron chi connectivity index (χ2n) is 5.19. The van der Waals surface area contributed by atoms with E-state index < -0.39 is 0 Å². The Bertz CT molecular complexity index is 617. The second-order valence-corrected chi connectivity index (χ2v) is 6.71. The quantitative estimate of drug-likeness (QED) is 0.908. The van der Waals surface area contributed by atoms with Gasteiger partial charge in [-0.1, -0.05) is 23.7 Å². The highest BCUT2D eigenvalue weighted by atomic mass is 35.5. The van der Waals surface area contributed by atoms with Crippen LogP contribution in [0.1, 0.15) is 22.5 Å². The molecule has 0 aliphatic carbocycles. The molecule has 1 amide bonds. The molecule has 2 aromatic rings. The van der Waals surface area contributed by atoms with Gasteiger partial charge in [-0.15, -0.1) is 11.3 Å². The van der Waals surface area contributed by atoms with Gasteiger partial charge >= 0.3 is 0 Å². The lowest BCUT2D eigenvalue weighted by molar-refractivity contribution is 0.0935. The number of piperidine rings is 1. The Labute approximate surface area is 133 Å². The molecule has 1 aliphatic rings. The smallest absolute Gasteiger partial charge is 0.261 e. The number of nitrogens with one attached hydrogen (secondary N) is 2. The normalized spacial score (nSPS) is 18.4. The van der Waals surface area contributed by atoms with Crippen molar-refractivity contribution in [3.63, 3.8) is 0 Å². The van der Waals surface area contributed by atoms with Crippen LogP contribution >= 0.6 is 22.9 Å². The van der Waals surface area contributed by atoms with Crippen molar-refractivity contribution in [1.29, 1.82) is 0 Å². The van der Waals surface area contributed by atoms with Gasteiger partial charge in [-0.05, 0) is 49.2 Å².